The van der Waals surface area contributed by atoms with Gasteiger partial charge < -0.3 is 10.3 Å². The zero-order valence-electron chi connectivity index (χ0n) is 10.7. The molecule has 0 spiro atoms. The van der Waals surface area contributed by atoms with Crippen molar-refractivity contribution in [1.82, 2.24) is 15.3 Å². The molecule has 2 aromatic rings. The van der Waals surface area contributed by atoms with Crippen molar-refractivity contribution in [2.75, 3.05) is 0 Å². The molecule has 4 heteroatoms. The first kappa shape index (κ1) is 13.3. The maximum Gasteiger partial charge on any atom is 0.110 e. The zero-order chi connectivity index (χ0) is 13.0. The Morgan fingerprint density at radius 3 is 2.83 bits per heavy atom. The number of rotatable bonds is 5. The lowest BCUT2D eigenvalue weighted by atomic mass is 10.1. The minimum atomic E-state index is 0.486. The number of nitrogens with zero attached hydrogens (tertiary/aromatic N) is 1. The highest BCUT2D eigenvalue weighted by Crippen LogP contribution is 2.18. The first-order valence-electron chi connectivity index (χ1n) is 6.14. The van der Waals surface area contributed by atoms with Gasteiger partial charge in [0.2, 0.25) is 0 Å². The summed E-state index contributed by atoms with van der Waals surface area (Å²) in [6.45, 7) is 5.11. The van der Waals surface area contributed by atoms with Crippen LogP contribution in [0.15, 0.2) is 34.9 Å². The van der Waals surface area contributed by atoms with Gasteiger partial charge in [-0.05, 0) is 11.6 Å². The van der Waals surface area contributed by atoms with Crippen LogP contribution in [0.25, 0.3) is 0 Å². The average Bonchev–Trinajstić information content (AvgIpc) is 2.77. The van der Waals surface area contributed by atoms with E-state index in [4.69, 9.17) is 0 Å². The van der Waals surface area contributed by atoms with E-state index < -0.39 is 0 Å². The van der Waals surface area contributed by atoms with Crippen LogP contribution in [0, 0.1) is 0 Å². The molecule has 0 saturated carbocycles. The minimum Gasteiger partial charge on any atom is -0.345 e. The molecule has 1 aromatic carbocycles. The number of hydrogen-bond donors (Lipinski definition) is 2. The second kappa shape index (κ2) is 6.16. The topological polar surface area (TPSA) is 40.7 Å². The molecular weight excluding hydrogens is 290 g/mol. The molecule has 0 fully saturated rings. The lowest BCUT2D eigenvalue weighted by molar-refractivity contribution is 0.582. The molecule has 0 bridgehead atoms. The fourth-order valence-corrected chi connectivity index (χ4v) is 2.15. The molecule has 0 aliphatic rings. The number of hydrogen-bond acceptors (Lipinski definition) is 2. The Balaban J connectivity index is 2.00. The second-order valence-corrected chi connectivity index (χ2v) is 5.51. The summed E-state index contributed by atoms with van der Waals surface area (Å²) in [5.74, 6) is 1.00. The minimum absolute atomic E-state index is 0.486. The number of nitrogens with one attached hydrogen (secondary N) is 2. The normalized spacial score (nSPS) is 11.1. The SMILES string of the molecule is CC(C)NCc1cnc(Cc2ccccc2Br)[nH]1. The van der Waals surface area contributed by atoms with E-state index in [-0.39, 0.29) is 0 Å². The molecule has 0 amide bonds. The highest BCUT2D eigenvalue weighted by molar-refractivity contribution is 9.10. The third-order valence-electron chi connectivity index (χ3n) is 2.70. The Morgan fingerprint density at radius 2 is 2.11 bits per heavy atom. The Kier molecular flexibility index (Phi) is 4.55. The molecule has 1 heterocycles. The molecule has 18 heavy (non-hydrogen) atoms. The molecule has 0 radical (unpaired) electrons. The zero-order valence-corrected chi connectivity index (χ0v) is 12.3. The Morgan fingerprint density at radius 1 is 1.33 bits per heavy atom. The van der Waals surface area contributed by atoms with Gasteiger partial charge in [-0.1, -0.05) is 48.0 Å². The number of aromatic amines is 1. The fourth-order valence-electron chi connectivity index (χ4n) is 1.72. The highest BCUT2D eigenvalue weighted by atomic mass is 79.9. The van der Waals surface area contributed by atoms with Crippen LogP contribution in [0.3, 0.4) is 0 Å². The van der Waals surface area contributed by atoms with Crippen molar-refractivity contribution in [1.29, 1.82) is 0 Å². The number of imidazole rings is 1. The van der Waals surface area contributed by atoms with E-state index in [1.165, 1.54) is 5.56 Å². The maximum absolute atomic E-state index is 4.41. The molecular formula is C14H18BrN3. The van der Waals surface area contributed by atoms with Gasteiger partial charge in [0, 0.05) is 35.4 Å². The van der Waals surface area contributed by atoms with Crippen LogP contribution in [-0.2, 0) is 13.0 Å². The summed E-state index contributed by atoms with van der Waals surface area (Å²) >= 11 is 3.56. The van der Waals surface area contributed by atoms with Crippen LogP contribution in [-0.4, -0.2) is 16.0 Å². The molecule has 0 aliphatic heterocycles. The largest absolute Gasteiger partial charge is 0.345 e. The van der Waals surface area contributed by atoms with Crippen LogP contribution in [0.2, 0.25) is 0 Å². The van der Waals surface area contributed by atoms with Crippen molar-refractivity contribution >= 4 is 15.9 Å². The summed E-state index contributed by atoms with van der Waals surface area (Å²) in [5.41, 5.74) is 2.38. The van der Waals surface area contributed by atoms with E-state index >= 15 is 0 Å². The van der Waals surface area contributed by atoms with Gasteiger partial charge >= 0.3 is 0 Å². The molecule has 0 atom stereocenters. The van der Waals surface area contributed by atoms with E-state index in [9.17, 15) is 0 Å². The third-order valence-corrected chi connectivity index (χ3v) is 3.47. The van der Waals surface area contributed by atoms with Gasteiger partial charge in [0.15, 0.2) is 0 Å². The molecule has 2 rings (SSSR count). The van der Waals surface area contributed by atoms with Crippen molar-refractivity contribution in [3.8, 4) is 0 Å². The van der Waals surface area contributed by atoms with E-state index in [0.29, 0.717) is 6.04 Å². The first-order valence-corrected chi connectivity index (χ1v) is 6.94. The van der Waals surface area contributed by atoms with Gasteiger partial charge in [-0.2, -0.15) is 0 Å². The van der Waals surface area contributed by atoms with Crippen molar-refractivity contribution in [2.45, 2.75) is 32.9 Å². The van der Waals surface area contributed by atoms with E-state index in [1.54, 1.807) is 0 Å². The van der Waals surface area contributed by atoms with E-state index in [1.807, 2.05) is 18.3 Å². The summed E-state index contributed by atoms with van der Waals surface area (Å²) < 4.78 is 1.13. The molecule has 3 nitrogen and oxygen atoms in total. The molecule has 0 saturated heterocycles. The van der Waals surface area contributed by atoms with Crippen molar-refractivity contribution in [2.24, 2.45) is 0 Å². The lowest BCUT2D eigenvalue weighted by Crippen LogP contribution is -2.21. The molecule has 96 valence electrons. The summed E-state index contributed by atoms with van der Waals surface area (Å²) in [7, 11) is 0. The molecule has 2 N–H and O–H groups in total. The first-order chi connectivity index (χ1) is 8.65. The van der Waals surface area contributed by atoms with Crippen molar-refractivity contribution in [3.63, 3.8) is 0 Å². The van der Waals surface area contributed by atoms with E-state index in [0.717, 1.165) is 29.0 Å². The predicted octanol–water partition coefficient (Wildman–Crippen LogP) is 3.26. The molecule has 0 unspecified atom stereocenters. The summed E-state index contributed by atoms with van der Waals surface area (Å²) in [6.07, 6.45) is 2.73. The van der Waals surface area contributed by atoms with Gasteiger partial charge in [0.1, 0.15) is 5.82 Å². The maximum atomic E-state index is 4.41. The summed E-state index contributed by atoms with van der Waals surface area (Å²) in [6, 6.07) is 8.72. The fraction of sp³-hybridized carbons (Fsp3) is 0.357. The van der Waals surface area contributed by atoms with E-state index in [2.05, 4.69) is 57.2 Å². The number of aromatic nitrogens is 2. The van der Waals surface area contributed by atoms with Crippen LogP contribution < -0.4 is 5.32 Å². The number of benzene rings is 1. The van der Waals surface area contributed by atoms with Gasteiger partial charge in [-0.25, -0.2) is 4.98 Å². The monoisotopic (exact) mass is 307 g/mol. The van der Waals surface area contributed by atoms with Crippen LogP contribution in [0.1, 0.15) is 30.9 Å². The highest BCUT2D eigenvalue weighted by Gasteiger charge is 2.05. The average molecular weight is 308 g/mol. The lowest BCUT2D eigenvalue weighted by Gasteiger charge is -2.05. The van der Waals surface area contributed by atoms with Gasteiger partial charge in [0.25, 0.3) is 0 Å². The van der Waals surface area contributed by atoms with Crippen LogP contribution >= 0.6 is 15.9 Å². The smallest absolute Gasteiger partial charge is 0.110 e. The summed E-state index contributed by atoms with van der Waals surface area (Å²) in [4.78, 5) is 7.76. The predicted molar refractivity (Wildman–Crippen MR) is 77.5 cm³/mol. The Labute approximate surface area is 116 Å². The van der Waals surface area contributed by atoms with Gasteiger partial charge in [-0.3, -0.25) is 0 Å². The van der Waals surface area contributed by atoms with Crippen LogP contribution in [0.5, 0.6) is 0 Å². The quantitative estimate of drug-likeness (QED) is 0.890. The Hall–Kier alpha value is -1.13. The third kappa shape index (κ3) is 3.68. The van der Waals surface area contributed by atoms with Crippen LogP contribution in [0.4, 0.5) is 0 Å². The van der Waals surface area contributed by atoms with Gasteiger partial charge in [0.05, 0.1) is 0 Å². The molecule has 1 aromatic heterocycles. The Bertz CT molecular complexity index is 505. The van der Waals surface area contributed by atoms with Gasteiger partial charge in [-0.15, -0.1) is 0 Å². The number of H-pyrrole nitrogens is 1. The van der Waals surface area contributed by atoms with Crippen molar-refractivity contribution in [3.05, 3.63) is 52.0 Å². The number of halogens is 1. The molecule has 0 aliphatic carbocycles. The summed E-state index contributed by atoms with van der Waals surface area (Å²) in [5, 5.41) is 3.37. The van der Waals surface area contributed by atoms with Crippen molar-refractivity contribution < 1.29 is 0 Å². The second-order valence-electron chi connectivity index (χ2n) is 4.66. The standard InChI is InChI=1S/C14H18BrN3/c1-10(2)16-8-12-9-17-14(18-12)7-11-5-3-4-6-13(11)15/h3-6,9-10,16H,7-8H2,1-2H3,(H,17,18).